The van der Waals surface area contributed by atoms with E-state index in [-0.39, 0.29) is 17.3 Å². The number of halogens is 2. The average Bonchev–Trinajstić information content (AvgIpc) is 2.36. The number of nitrogens with zero attached hydrogens (tertiary/aromatic N) is 3. The smallest absolute Gasteiger partial charge is 0.323 e. The van der Waals surface area contributed by atoms with Crippen molar-refractivity contribution in [3.63, 3.8) is 0 Å². The number of nitro benzene ring substituents is 1. The summed E-state index contributed by atoms with van der Waals surface area (Å²) in [6.45, 7) is 0.248. The molecule has 0 bridgehead atoms. The molecular weight excluding hydrogens is 305 g/mol. The quantitative estimate of drug-likeness (QED) is 0.609. The van der Waals surface area contributed by atoms with Gasteiger partial charge in [-0.05, 0) is 20.2 Å². The Balaban J connectivity index is 3.24. The summed E-state index contributed by atoms with van der Waals surface area (Å²) in [4.78, 5) is 24.3. The maximum atomic E-state index is 13.4. The van der Waals surface area contributed by atoms with E-state index in [2.05, 4.69) is 0 Å². The highest BCUT2D eigenvalue weighted by molar-refractivity contribution is 6.31. The summed E-state index contributed by atoms with van der Waals surface area (Å²) < 4.78 is 13.4. The molecule has 0 amide bonds. The largest absolute Gasteiger partial charge is 0.480 e. The second kappa shape index (κ2) is 7.19. The Bertz CT molecular complexity index is 554. The van der Waals surface area contributed by atoms with Crippen LogP contribution >= 0.6 is 11.6 Å². The summed E-state index contributed by atoms with van der Waals surface area (Å²) in [5, 5.41) is 19.7. The molecule has 0 aliphatic heterocycles. The fraction of sp³-hybridized carbons (Fsp3) is 0.417. The van der Waals surface area contributed by atoms with E-state index in [0.29, 0.717) is 12.6 Å². The summed E-state index contributed by atoms with van der Waals surface area (Å²) >= 11 is 5.65. The van der Waals surface area contributed by atoms with Crippen molar-refractivity contribution in [3.8, 4) is 0 Å². The summed E-state index contributed by atoms with van der Waals surface area (Å²) in [7, 11) is 3.57. The van der Waals surface area contributed by atoms with Crippen molar-refractivity contribution in [2.24, 2.45) is 0 Å². The van der Waals surface area contributed by atoms with Crippen molar-refractivity contribution in [1.82, 2.24) is 4.90 Å². The Hall–Kier alpha value is -1.93. The number of carboxylic acids is 1. The number of carbonyl (C=O) groups is 1. The monoisotopic (exact) mass is 319 g/mol. The van der Waals surface area contributed by atoms with Gasteiger partial charge in [0.25, 0.3) is 5.69 Å². The van der Waals surface area contributed by atoms with E-state index >= 15 is 0 Å². The van der Waals surface area contributed by atoms with Gasteiger partial charge in [-0.25, -0.2) is 4.39 Å². The normalized spacial score (nSPS) is 10.7. The Morgan fingerprint density at radius 2 is 2.05 bits per heavy atom. The predicted octanol–water partition coefficient (Wildman–Crippen LogP) is 1.84. The summed E-state index contributed by atoms with van der Waals surface area (Å²) in [6, 6.07) is 1.77. The molecule has 0 unspecified atom stereocenters. The van der Waals surface area contributed by atoms with E-state index in [9.17, 15) is 19.3 Å². The predicted molar refractivity (Wildman–Crippen MR) is 76.5 cm³/mol. The van der Waals surface area contributed by atoms with Gasteiger partial charge in [-0.2, -0.15) is 0 Å². The number of aliphatic carboxylic acids is 1. The SMILES string of the molecule is CN(C)CCN(CC(=O)O)c1cc(Cl)c(F)cc1[N+](=O)[O-]. The molecule has 0 heterocycles. The van der Waals surface area contributed by atoms with Gasteiger partial charge in [-0.3, -0.25) is 14.9 Å². The van der Waals surface area contributed by atoms with E-state index in [4.69, 9.17) is 16.7 Å². The Labute approximate surface area is 125 Å². The van der Waals surface area contributed by atoms with Gasteiger partial charge in [0, 0.05) is 13.1 Å². The number of hydrogen-bond acceptors (Lipinski definition) is 5. The lowest BCUT2D eigenvalue weighted by atomic mass is 10.2. The van der Waals surface area contributed by atoms with E-state index in [0.717, 1.165) is 6.07 Å². The van der Waals surface area contributed by atoms with Crippen molar-refractivity contribution >= 4 is 28.9 Å². The van der Waals surface area contributed by atoms with E-state index in [1.54, 1.807) is 19.0 Å². The zero-order chi connectivity index (χ0) is 16.2. The molecule has 1 rings (SSSR count). The van der Waals surface area contributed by atoms with Crippen molar-refractivity contribution < 1.29 is 19.2 Å². The Kier molecular flexibility index (Phi) is 5.86. The van der Waals surface area contributed by atoms with Gasteiger partial charge in [0.05, 0.1) is 16.0 Å². The molecule has 0 saturated heterocycles. The minimum absolute atomic E-state index is 0.0179. The van der Waals surface area contributed by atoms with Gasteiger partial charge < -0.3 is 14.9 Å². The summed E-state index contributed by atoms with van der Waals surface area (Å²) in [5.41, 5.74) is -0.535. The van der Waals surface area contributed by atoms with Crippen LogP contribution in [-0.4, -0.2) is 54.6 Å². The number of hydrogen-bond donors (Lipinski definition) is 1. The molecule has 0 fully saturated rings. The van der Waals surface area contributed by atoms with Crippen molar-refractivity contribution in [2.45, 2.75) is 0 Å². The first kappa shape index (κ1) is 17.1. The maximum absolute atomic E-state index is 13.4. The van der Waals surface area contributed by atoms with Crippen molar-refractivity contribution in [1.29, 1.82) is 0 Å². The minimum atomic E-state index is -1.15. The average molecular weight is 320 g/mol. The van der Waals surface area contributed by atoms with Gasteiger partial charge in [0.2, 0.25) is 0 Å². The van der Waals surface area contributed by atoms with Crippen molar-refractivity contribution in [2.75, 3.05) is 38.6 Å². The van der Waals surface area contributed by atoms with Gasteiger partial charge in [0.1, 0.15) is 18.0 Å². The molecule has 0 aliphatic carbocycles. The van der Waals surface area contributed by atoms with Gasteiger partial charge in [0.15, 0.2) is 0 Å². The number of rotatable bonds is 7. The minimum Gasteiger partial charge on any atom is -0.480 e. The third kappa shape index (κ3) is 4.83. The number of benzene rings is 1. The molecule has 0 aromatic heterocycles. The molecule has 21 heavy (non-hydrogen) atoms. The van der Waals surface area contributed by atoms with Gasteiger partial charge in [-0.1, -0.05) is 11.6 Å². The number of likely N-dealkylation sites (N-methyl/N-ethyl adjacent to an activating group) is 1. The highest BCUT2D eigenvalue weighted by atomic mass is 35.5. The molecule has 116 valence electrons. The van der Waals surface area contributed by atoms with Crippen molar-refractivity contribution in [3.05, 3.63) is 33.1 Å². The van der Waals surface area contributed by atoms with Crippen LogP contribution in [0, 0.1) is 15.9 Å². The maximum Gasteiger partial charge on any atom is 0.323 e. The number of nitro groups is 1. The molecule has 1 N–H and O–H groups in total. The lowest BCUT2D eigenvalue weighted by Gasteiger charge is -2.24. The Morgan fingerprint density at radius 1 is 1.43 bits per heavy atom. The van der Waals surface area contributed by atoms with Crippen LogP contribution in [0.15, 0.2) is 12.1 Å². The first-order valence-corrected chi connectivity index (χ1v) is 6.35. The van der Waals surface area contributed by atoms with E-state index < -0.39 is 28.9 Å². The highest BCUT2D eigenvalue weighted by Crippen LogP contribution is 2.33. The highest BCUT2D eigenvalue weighted by Gasteiger charge is 2.24. The van der Waals surface area contributed by atoms with Gasteiger partial charge in [-0.15, -0.1) is 0 Å². The molecule has 0 atom stereocenters. The van der Waals surface area contributed by atoms with Crippen LogP contribution in [0.2, 0.25) is 5.02 Å². The Morgan fingerprint density at radius 3 is 2.52 bits per heavy atom. The third-order valence-electron chi connectivity index (χ3n) is 2.70. The summed E-state index contributed by atoms with van der Waals surface area (Å²) in [6.07, 6.45) is 0. The van der Waals surface area contributed by atoms with Crippen LogP contribution in [0.1, 0.15) is 0 Å². The fourth-order valence-electron chi connectivity index (χ4n) is 1.69. The van der Waals surface area contributed by atoms with E-state index in [1.165, 1.54) is 4.90 Å². The topological polar surface area (TPSA) is 86.9 Å². The third-order valence-corrected chi connectivity index (χ3v) is 2.99. The van der Waals surface area contributed by atoms with Crippen LogP contribution in [0.5, 0.6) is 0 Å². The van der Waals surface area contributed by atoms with Gasteiger partial charge >= 0.3 is 5.97 Å². The van der Waals surface area contributed by atoms with Crippen LogP contribution in [-0.2, 0) is 4.79 Å². The molecule has 0 radical (unpaired) electrons. The lowest BCUT2D eigenvalue weighted by molar-refractivity contribution is -0.384. The van der Waals surface area contributed by atoms with Crippen LogP contribution in [0.25, 0.3) is 0 Å². The van der Waals surface area contributed by atoms with Crippen LogP contribution in [0.3, 0.4) is 0 Å². The standard InChI is InChI=1S/C12H15ClFN3O4/c1-15(2)3-4-16(7-12(18)19)10-5-8(13)9(14)6-11(10)17(20)21/h5-6H,3-4,7H2,1-2H3,(H,18,19). The molecule has 0 spiro atoms. The first-order chi connectivity index (χ1) is 9.72. The molecular formula is C12H15ClFN3O4. The molecule has 1 aromatic carbocycles. The number of anilines is 1. The second-order valence-corrected chi connectivity index (χ2v) is 5.04. The second-order valence-electron chi connectivity index (χ2n) is 4.63. The van der Waals surface area contributed by atoms with E-state index in [1.807, 2.05) is 0 Å². The van der Waals surface area contributed by atoms with Crippen LogP contribution in [0.4, 0.5) is 15.8 Å². The first-order valence-electron chi connectivity index (χ1n) is 5.97. The summed E-state index contributed by atoms with van der Waals surface area (Å²) in [5.74, 6) is -2.07. The zero-order valence-corrected chi connectivity index (χ0v) is 12.3. The van der Waals surface area contributed by atoms with Crippen LogP contribution < -0.4 is 4.90 Å². The molecule has 0 aliphatic rings. The molecule has 9 heteroatoms. The molecule has 7 nitrogen and oxygen atoms in total. The molecule has 1 aromatic rings. The lowest BCUT2D eigenvalue weighted by Crippen LogP contribution is -2.36. The zero-order valence-electron chi connectivity index (χ0n) is 11.5. The molecule has 0 saturated carbocycles. The fourth-order valence-corrected chi connectivity index (χ4v) is 1.85. The number of carboxylic acid groups (broad SMARTS) is 1.